The van der Waals surface area contributed by atoms with Crippen LogP contribution in [0.15, 0.2) is 60.8 Å². The van der Waals surface area contributed by atoms with Crippen molar-refractivity contribution in [1.29, 1.82) is 5.26 Å². The zero-order valence-corrected chi connectivity index (χ0v) is 20.1. The third kappa shape index (κ3) is 4.53. The Bertz CT molecular complexity index is 1410. The molecule has 4 aromatic rings. The van der Waals surface area contributed by atoms with E-state index in [1.165, 1.54) is 5.69 Å². The molecule has 0 unspecified atom stereocenters. The number of aromatic amines is 1. The van der Waals surface area contributed by atoms with E-state index < -0.39 is 0 Å². The van der Waals surface area contributed by atoms with Gasteiger partial charge in [-0.3, -0.25) is 0 Å². The van der Waals surface area contributed by atoms with Crippen molar-refractivity contribution < 1.29 is 14.2 Å². The maximum absolute atomic E-state index is 9.83. The second kappa shape index (κ2) is 10.0. The van der Waals surface area contributed by atoms with Gasteiger partial charge in [0.1, 0.15) is 23.6 Å². The Morgan fingerprint density at radius 2 is 1.78 bits per heavy atom. The highest BCUT2D eigenvalue weighted by Crippen LogP contribution is 2.35. The predicted molar refractivity (Wildman–Crippen MR) is 139 cm³/mol. The van der Waals surface area contributed by atoms with E-state index in [9.17, 15) is 5.26 Å². The lowest BCUT2D eigenvalue weighted by molar-refractivity contribution is 0.0254. The van der Waals surface area contributed by atoms with E-state index in [4.69, 9.17) is 14.2 Å². The van der Waals surface area contributed by atoms with Gasteiger partial charge in [0.15, 0.2) is 0 Å². The van der Waals surface area contributed by atoms with E-state index in [0.717, 1.165) is 72.6 Å². The molecule has 6 rings (SSSR count). The first-order valence-electron chi connectivity index (χ1n) is 12.5. The number of hydrogen-bond donors (Lipinski definition) is 1. The summed E-state index contributed by atoms with van der Waals surface area (Å²) in [4.78, 5) is 10.4. The Hall–Kier alpha value is -3.86. The number of nitrogens with zero attached hydrogens (tertiary/aromatic N) is 3. The average Bonchev–Trinajstić information content (AvgIpc) is 3.39. The van der Waals surface area contributed by atoms with Gasteiger partial charge in [-0.15, -0.1) is 0 Å². The number of rotatable bonds is 5. The van der Waals surface area contributed by atoms with Crippen LogP contribution in [0, 0.1) is 11.3 Å². The summed E-state index contributed by atoms with van der Waals surface area (Å²) < 4.78 is 17.1. The van der Waals surface area contributed by atoms with Gasteiger partial charge in [0.2, 0.25) is 0 Å². The second-order valence-corrected chi connectivity index (χ2v) is 9.21. The van der Waals surface area contributed by atoms with Gasteiger partial charge in [-0.05, 0) is 47.5 Å². The summed E-state index contributed by atoms with van der Waals surface area (Å²) in [6, 6.07) is 20.9. The predicted octanol–water partition coefficient (Wildman–Crippen LogP) is 5.16. The highest BCUT2D eigenvalue weighted by Gasteiger charge is 2.18. The molecule has 2 aromatic carbocycles. The molecule has 2 fully saturated rings. The SMILES string of the molecule is N#Cc1cc(-c2ccnc3[nH]c(-c4cccc(N5CCOCC5)c4)cc23)ccc1OC1CCOCC1. The lowest BCUT2D eigenvalue weighted by Crippen LogP contribution is -2.36. The number of anilines is 1. The summed E-state index contributed by atoms with van der Waals surface area (Å²) in [6.07, 6.45) is 3.58. The van der Waals surface area contributed by atoms with E-state index >= 15 is 0 Å². The van der Waals surface area contributed by atoms with Crippen LogP contribution in [0.3, 0.4) is 0 Å². The van der Waals surface area contributed by atoms with Crippen LogP contribution in [0.5, 0.6) is 5.75 Å². The lowest BCUT2D eigenvalue weighted by Gasteiger charge is -2.29. The molecule has 182 valence electrons. The molecule has 36 heavy (non-hydrogen) atoms. The summed E-state index contributed by atoms with van der Waals surface area (Å²) >= 11 is 0. The van der Waals surface area contributed by atoms with E-state index in [1.807, 2.05) is 24.3 Å². The average molecular weight is 481 g/mol. The van der Waals surface area contributed by atoms with Gasteiger partial charge in [-0.2, -0.15) is 5.26 Å². The van der Waals surface area contributed by atoms with Crippen molar-refractivity contribution in [3.63, 3.8) is 0 Å². The Kier molecular flexibility index (Phi) is 6.29. The number of ether oxygens (including phenoxy) is 3. The molecule has 2 aliphatic heterocycles. The first-order valence-corrected chi connectivity index (χ1v) is 12.5. The van der Waals surface area contributed by atoms with E-state index in [0.29, 0.717) is 24.5 Å². The number of benzene rings is 2. The molecule has 2 aliphatic rings. The molecule has 0 bridgehead atoms. The quantitative estimate of drug-likeness (QED) is 0.425. The molecule has 0 radical (unpaired) electrons. The minimum atomic E-state index is 0.0878. The Balaban J connectivity index is 1.32. The molecule has 0 aliphatic carbocycles. The highest BCUT2D eigenvalue weighted by atomic mass is 16.5. The van der Waals surface area contributed by atoms with Crippen molar-refractivity contribution in [2.24, 2.45) is 0 Å². The summed E-state index contributed by atoms with van der Waals surface area (Å²) in [7, 11) is 0. The summed E-state index contributed by atoms with van der Waals surface area (Å²) in [6.45, 7) is 4.71. The van der Waals surface area contributed by atoms with E-state index in [1.54, 1.807) is 6.20 Å². The maximum atomic E-state index is 9.83. The molecule has 7 heteroatoms. The topological polar surface area (TPSA) is 83.4 Å². The third-order valence-corrected chi connectivity index (χ3v) is 6.94. The van der Waals surface area contributed by atoms with Gasteiger partial charge in [-0.25, -0.2) is 4.98 Å². The molecule has 7 nitrogen and oxygen atoms in total. The largest absolute Gasteiger partial charge is 0.489 e. The molecular weight excluding hydrogens is 452 g/mol. The minimum Gasteiger partial charge on any atom is -0.489 e. The zero-order chi connectivity index (χ0) is 24.3. The van der Waals surface area contributed by atoms with Gasteiger partial charge in [0.05, 0.1) is 32.0 Å². The van der Waals surface area contributed by atoms with E-state index in [2.05, 4.69) is 51.3 Å². The smallest absolute Gasteiger partial charge is 0.138 e. The molecule has 0 saturated carbocycles. The standard InChI is InChI=1S/C29H28N4O3/c30-19-22-16-20(4-5-28(22)36-24-7-12-34-13-8-24)25-6-9-31-29-26(25)18-27(32-29)21-2-1-3-23(17-21)33-10-14-35-15-11-33/h1-6,9,16-18,24H,7-8,10-15H2,(H,31,32). The van der Waals surface area contributed by atoms with Crippen molar-refractivity contribution in [1.82, 2.24) is 9.97 Å². The summed E-state index contributed by atoms with van der Waals surface area (Å²) in [5.74, 6) is 0.633. The van der Waals surface area contributed by atoms with Crippen LogP contribution < -0.4 is 9.64 Å². The van der Waals surface area contributed by atoms with Crippen LogP contribution in [0.2, 0.25) is 0 Å². The number of hydrogen-bond acceptors (Lipinski definition) is 6. The Morgan fingerprint density at radius 1 is 0.944 bits per heavy atom. The van der Waals surface area contributed by atoms with Crippen LogP contribution in [-0.4, -0.2) is 55.6 Å². The van der Waals surface area contributed by atoms with Gasteiger partial charge in [0.25, 0.3) is 0 Å². The van der Waals surface area contributed by atoms with Gasteiger partial charge < -0.3 is 24.1 Å². The number of aromatic nitrogens is 2. The number of nitriles is 1. The second-order valence-electron chi connectivity index (χ2n) is 9.21. The molecule has 2 saturated heterocycles. The fourth-order valence-corrected chi connectivity index (χ4v) is 4.99. The van der Waals surface area contributed by atoms with Crippen LogP contribution in [0.1, 0.15) is 18.4 Å². The fourth-order valence-electron chi connectivity index (χ4n) is 4.99. The van der Waals surface area contributed by atoms with Crippen molar-refractivity contribution in [2.45, 2.75) is 18.9 Å². The summed E-state index contributed by atoms with van der Waals surface area (Å²) in [5.41, 5.74) is 6.67. The zero-order valence-electron chi connectivity index (χ0n) is 20.1. The Labute approximate surface area is 210 Å². The lowest BCUT2D eigenvalue weighted by atomic mass is 10.0. The molecule has 0 atom stereocenters. The third-order valence-electron chi connectivity index (χ3n) is 6.94. The number of morpholine rings is 1. The molecule has 0 spiro atoms. The number of nitrogens with one attached hydrogen (secondary N) is 1. The normalized spacial score (nSPS) is 16.7. The Morgan fingerprint density at radius 3 is 2.61 bits per heavy atom. The van der Waals surface area contributed by atoms with Crippen LogP contribution in [0.4, 0.5) is 5.69 Å². The van der Waals surface area contributed by atoms with Crippen LogP contribution >= 0.6 is 0 Å². The maximum Gasteiger partial charge on any atom is 0.138 e. The molecular formula is C29H28N4O3. The summed E-state index contributed by atoms with van der Waals surface area (Å²) in [5, 5.41) is 10.9. The van der Waals surface area contributed by atoms with Gasteiger partial charge in [-0.1, -0.05) is 18.2 Å². The monoisotopic (exact) mass is 480 g/mol. The first kappa shape index (κ1) is 22.6. The van der Waals surface area contributed by atoms with Gasteiger partial charge in [0, 0.05) is 54.5 Å². The van der Waals surface area contributed by atoms with E-state index in [-0.39, 0.29) is 6.10 Å². The van der Waals surface area contributed by atoms with Crippen molar-refractivity contribution in [3.8, 4) is 34.2 Å². The van der Waals surface area contributed by atoms with Crippen molar-refractivity contribution in [2.75, 3.05) is 44.4 Å². The fraction of sp³-hybridized carbons (Fsp3) is 0.310. The van der Waals surface area contributed by atoms with Crippen LogP contribution in [0.25, 0.3) is 33.4 Å². The molecule has 4 heterocycles. The molecule has 0 amide bonds. The van der Waals surface area contributed by atoms with Crippen LogP contribution in [-0.2, 0) is 9.47 Å². The molecule has 1 N–H and O–H groups in total. The van der Waals surface area contributed by atoms with Crippen molar-refractivity contribution in [3.05, 3.63) is 66.4 Å². The molecule has 2 aromatic heterocycles. The highest BCUT2D eigenvalue weighted by molar-refractivity contribution is 5.96. The minimum absolute atomic E-state index is 0.0878. The number of fused-ring (bicyclic) bond motifs is 1. The van der Waals surface area contributed by atoms with Gasteiger partial charge >= 0.3 is 0 Å². The van der Waals surface area contributed by atoms with Crippen molar-refractivity contribution >= 4 is 16.7 Å². The first-order chi connectivity index (χ1) is 17.8. The number of H-pyrrole nitrogens is 1. The number of pyridine rings is 1.